The minimum absolute atomic E-state index is 0.0162. The third kappa shape index (κ3) is 2.82. The van der Waals surface area contributed by atoms with Gasteiger partial charge in [-0.1, -0.05) is 0 Å². The molecule has 116 valence electrons. The summed E-state index contributed by atoms with van der Waals surface area (Å²) >= 11 is 0. The van der Waals surface area contributed by atoms with Crippen LogP contribution in [0, 0.1) is 0 Å². The lowest BCUT2D eigenvalue weighted by Gasteiger charge is -2.26. The molecule has 1 aliphatic heterocycles. The molecule has 0 aliphatic carbocycles. The predicted octanol–water partition coefficient (Wildman–Crippen LogP) is 0.961. The normalized spacial score (nSPS) is 17.0. The van der Waals surface area contributed by atoms with E-state index in [1.807, 2.05) is 0 Å². The molecule has 1 aliphatic rings. The summed E-state index contributed by atoms with van der Waals surface area (Å²) < 4.78 is 29.2. The maximum Gasteiger partial charge on any atom is 0.356 e. The quantitative estimate of drug-likeness (QED) is 0.900. The van der Waals surface area contributed by atoms with Crippen molar-refractivity contribution in [1.29, 1.82) is 0 Å². The van der Waals surface area contributed by atoms with Gasteiger partial charge in [0.1, 0.15) is 11.9 Å². The van der Waals surface area contributed by atoms with E-state index in [0.29, 0.717) is 11.4 Å². The van der Waals surface area contributed by atoms with Crippen molar-refractivity contribution in [3.8, 4) is 17.0 Å². The first-order valence-corrected chi connectivity index (χ1v) is 8.41. The highest BCUT2D eigenvalue weighted by Gasteiger charge is 2.35. The van der Waals surface area contributed by atoms with Crippen LogP contribution in [0.5, 0.6) is 5.75 Å². The molecule has 3 rings (SSSR count). The molecule has 22 heavy (non-hydrogen) atoms. The summed E-state index contributed by atoms with van der Waals surface area (Å²) in [6.45, 7) is 0. The van der Waals surface area contributed by atoms with Gasteiger partial charge in [-0.2, -0.15) is 5.10 Å². The molecule has 0 spiro atoms. The van der Waals surface area contributed by atoms with Crippen molar-refractivity contribution in [2.24, 2.45) is 7.05 Å². The Morgan fingerprint density at radius 1 is 1.32 bits per heavy atom. The molecule has 0 radical (unpaired) electrons. The van der Waals surface area contributed by atoms with Gasteiger partial charge in [-0.15, -0.1) is 0 Å². The lowest BCUT2D eigenvalue weighted by atomic mass is 10.1. The van der Waals surface area contributed by atoms with Gasteiger partial charge in [0.2, 0.25) is 0 Å². The van der Waals surface area contributed by atoms with Crippen LogP contribution in [-0.2, 0) is 16.9 Å². The van der Waals surface area contributed by atoms with Crippen molar-refractivity contribution in [3.63, 3.8) is 0 Å². The first-order chi connectivity index (χ1) is 10.3. The zero-order chi connectivity index (χ0) is 15.9. The summed E-state index contributed by atoms with van der Waals surface area (Å²) in [5.41, 5.74) is 1.46. The van der Waals surface area contributed by atoms with Crippen molar-refractivity contribution < 1.29 is 23.1 Å². The molecule has 1 saturated heterocycles. The molecule has 2 aromatic rings. The summed E-state index contributed by atoms with van der Waals surface area (Å²) in [6, 6.07) is 8.52. The van der Waals surface area contributed by atoms with Gasteiger partial charge in [0.25, 0.3) is 0 Å². The van der Waals surface area contributed by atoms with Crippen LogP contribution in [0.3, 0.4) is 0 Å². The van der Waals surface area contributed by atoms with Gasteiger partial charge in [-0.05, 0) is 30.3 Å². The Morgan fingerprint density at radius 3 is 2.45 bits per heavy atom. The fourth-order valence-corrected chi connectivity index (χ4v) is 3.50. The number of aromatic nitrogens is 2. The highest BCUT2D eigenvalue weighted by Crippen LogP contribution is 2.25. The molecule has 1 fully saturated rings. The first kappa shape index (κ1) is 14.6. The van der Waals surface area contributed by atoms with Crippen LogP contribution in [0.4, 0.5) is 0 Å². The maximum absolute atomic E-state index is 11.1. The Morgan fingerprint density at radius 2 is 1.95 bits per heavy atom. The average molecular weight is 322 g/mol. The van der Waals surface area contributed by atoms with Crippen molar-refractivity contribution in [1.82, 2.24) is 9.78 Å². The zero-order valence-electron chi connectivity index (χ0n) is 11.8. The standard InChI is InChI=1S/C14H14N2O5S/c1-16-13(6-12(15-16)14(17)18)9-2-4-10(5-3-9)21-11-7-22(19,20)8-11/h2-6,11H,7-8H2,1H3,(H,17,18). The second-order valence-electron chi connectivity index (χ2n) is 5.18. The molecule has 7 nitrogen and oxygen atoms in total. The summed E-state index contributed by atoms with van der Waals surface area (Å²) in [5.74, 6) is -0.381. The molecule has 0 unspecified atom stereocenters. The lowest BCUT2D eigenvalue weighted by molar-refractivity contribution is 0.0689. The van der Waals surface area contributed by atoms with Crippen LogP contribution in [0.15, 0.2) is 30.3 Å². The third-order valence-electron chi connectivity index (χ3n) is 3.43. The second kappa shape index (κ2) is 5.13. The molecular weight excluding hydrogens is 308 g/mol. The summed E-state index contributed by atoms with van der Waals surface area (Å²) in [7, 11) is -1.23. The topological polar surface area (TPSA) is 98.5 Å². The number of ether oxygens (including phenoxy) is 1. The fraction of sp³-hybridized carbons (Fsp3) is 0.286. The van der Waals surface area contributed by atoms with E-state index in [1.54, 1.807) is 31.3 Å². The van der Waals surface area contributed by atoms with Crippen LogP contribution in [0.1, 0.15) is 10.5 Å². The lowest BCUT2D eigenvalue weighted by Crippen LogP contribution is -2.45. The number of nitrogens with zero attached hydrogens (tertiary/aromatic N) is 2. The third-order valence-corrected chi connectivity index (χ3v) is 5.19. The van der Waals surface area contributed by atoms with E-state index in [4.69, 9.17) is 9.84 Å². The van der Waals surface area contributed by atoms with Gasteiger partial charge in [0, 0.05) is 12.6 Å². The van der Waals surface area contributed by atoms with Gasteiger partial charge in [-0.3, -0.25) is 4.68 Å². The number of hydrogen-bond acceptors (Lipinski definition) is 5. The number of carbonyl (C=O) groups is 1. The van der Waals surface area contributed by atoms with E-state index >= 15 is 0 Å². The second-order valence-corrected chi connectivity index (χ2v) is 7.34. The SMILES string of the molecule is Cn1nc(C(=O)O)cc1-c1ccc(OC2CS(=O)(=O)C2)cc1. The number of carboxylic acid groups (broad SMARTS) is 1. The van der Waals surface area contributed by atoms with Crippen LogP contribution in [0.2, 0.25) is 0 Å². The average Bonchev–Trinajstić information content (AvgIpc) is 2.80. The zero-order valence-corrected chi connectivity index (χ0v) is 12.6. The molecule has 0 saturated carbocycles. The summed E-state index contributed by atoms with van der Waals surface area (Å²) in [6.07, 6.45) is -0.286. The molecule has 1 aromatic carbocycles. The minimum Gasteiger partial charge on any atom is -0.488 e. The highest BCUT2D eigenvalue weighted by atomic mass is 32.2. The van der Waals surface area contributed by atoms with Crippen molar-refractivity contribution in [2.45, 2.75) is 6.10 Å². The molecular formula is C14H14N2O5S. The number of carboxylic acids is 1. The Hall–Kier alpha value is -2.35. The van der Waals surface area contributed by atoms with Crippen LogP contribution in [-0.4, -0.2) is 46.9 Å². The molecule has 0 bridgehead atoms. The van der Waals surface area contributed by atoms with Gasteiger partial charge in [0.15, 0.2) is 15.5 Å². The number of hydrogen-bond donors (Lipinski definition) is 1. The Kier molecular flexibility index (Phi) is 3.40. The smallest absolute Gasteiger partial charge is 0.356 e. The first-order valence-electron chi connectivity index (χ1n) is 6.59. The van der Waals surface area contributed by atoms with E-state index in [1.165, 1.54) is 10.7 Å². The van der Waals surface area contributed by atoms with E-state index in [-0.39, 0.29) is 23.3 Å². The predicted molar refractivity (Wildman–Crippen MR) is 78.7 cm³/mol. The monoisotopic (exact) mass is 322 g/mol. The van der Waals surface area contributed by atoms with E-state index in [2.05, 4.69) is 5.10 Å². The maximum atomic E-state index is 11.1. The fourth-order valence-electron chi connectivity index (χ4n) is 2.32. The van der Waals surface area contributed by atoms with Gasteiger partial charge in [-0.25, -0.2) is 13.2 Å². The van der Waals surface area contributed by atoms with Gasteiger partial charge in [0.05, 0.1) is 17.2 Å². The van der Waals surface area contributed by atoms with Crippen LogP contribution < -0.4 is 4.74 Å². The van der Waals surface area contributed by atoms with Crippen LogP contribution in [0.25, 0.3) is 11.3 Å². The Labute approximate surface area is 127 Å². The van der Waals surface area contributed by atoms with Crippen molar-refractivity contribution in [3.05, 3.63) is 36.0 Å². The number of benzene rings is 1. The molecule has 0 amide bonds. The Balaban J connectivity index is 1.75. The van der Waals surface area contributed by atoms with Crippen LogP contribution >= 0.6 is 0 Å². The largest absolute Gasteiger partial charge is 0.488 e. The number of rotatable bonds is 4. The van der Waals surface area contributed by atoms with Crippen molar-refractivity contribution >= 4 is 15.8 Å². The van der Waals surface area contributed by atoms with E-state index < -0.39 is 15.8 Å². The highest BCUT2D eigenvalue weighted by molar-refractivity contribution is 7.92. The Bertz CT molecular complexity index is 811. The van der Waals surface area contributed by atoms with Gasteiger partial charge < -0.3 is 9.84 Å². The number of aromatic carboxylic acids is 1. The molecule has 1 aromatic heterocycles. The van der Waals surface area contributed by atoms with Gasteiger partial charge >= 0.3 is 5.97 Å². The molecule has 2 heterocycles. The molecule has 1 N–H and O–H groups in total. The minimum atomic E-state index is -2.91. The molecule has 8 heteroatoms. The van der Waals surface area contributed by atoms with Crippen molar-refractivity contribution in [2.75, 3.05) is 11.5 Å². The number of sulfone groups is 1. The van der Waals surface area contributed by atoms with E-state index in [0.717, 1.165) is 5.56 Å². The molecule has 0 atom stereocenters. The van der Waals surface area contributed by atoms with E-state index in [9.17, 15) is 13.2 Å². The number of aryl methyl sites for hydroxylation is 1. The summed E-state index contributed by atoms with van der Waals surface area (Å²) in [4.78, 5) is 10.9. The summed E-state index contributed by atoms with van der Waals surface area (Å²) in [5, 5.41) is 12.9.